The lowest BCUT2D eigenvalue weighted by atomic mass is 10.0. The number of carbonyl (C=O) groups is 2. The molecular weight excluding hydrogens is 654 g/mol. The maximum atomic E-state index is 14.5. The van der Waals surface area contributed by atoms with Crippen molar-refractivity contribution in [2.45, 2.75) is 50.2 Å². The fourth-order valence-corrected chi connectivity index (χ4v) is 6.49. The van der Waals surface area contributed by atoms with Gasteiger partial charge in [0.2, 0.25) is 11.8 Å². The molecule has 0 saturated heterocycles. The highest BCUT2D eigenvalue weighted by Crippen LogP contribution is 2.27. The molecule has 0 aromatic heterocycles. The normalized spacial score (nSPS) is 12.2. The van der Waals surface area contributed by atoms with Gasteiger partial charge >= 0.3 is 0 Å². The van der Waals surface area contributed by atoms with Crippen molar-refractivity contribution in [2.24, 2.45) is 0 Å². The molecular formula is C35H38BrN3O5S. The van der Waals surface area contributed by atoms with E-state index in [0.29, 0.717) is 5.75 Å². The molecule has 2 amide bonds. The number of methoxy groups -OCH3 is 1. The van der Waals surface area contributed by atoms with Crippen molar-refractivity contribution < 1.29 is 22.7 Å². The average Bonchev–Trinajstić information content (AvgIpc) is 3.02. The van der Waals surface area contributed by atoms with Crippen molar-refractivity contribution in [2.75, 3.05) is 18.0 Å². The highest BCUT2D eigenvalue weighted by atomic mass is 79.9. The smallest absolute Gasteiger partial charge is 0.264 e. The molecule has 0 unspecified atom stereocenters. The summed E-state index contributed by atoms with van der Waals surface area (Å²) in [5.41, 5.74) is 1.37. The van der Waals surface area contributed by atoms with Gasteiger partial charge in [-0.15, -0.1) is 0 Å². The average molecular weight is 693 g/mol. The van der Waals surface area contributed by atoms with Gasteiger partial charge in [-0.2, -0.15) is 0 Å². The zero-order chi connectivity index (χ0) is 32.6. The molecule has 0 heterocycles. The molecule has 4 rings (SSSR count). The number of amides is 2. The van der Waals surface area contributed by atoms with E-state index < -0.39 is 34.1 Å². The molecule has 0 saturated carbocycles. The number of halogens is 1. The van der Waals surface area contributed by atoms with Crippen LogP contribution in [0.15, 0.2) is 119 Å². The van der Waals surface area contributed by atoms with Crippen LogP contribution in [0.4, 0.5) is 5.69 Å². The third-order valence-corrected chi connectivity index (χ3v) is 9.32. The number of nitrogens with one attached hydrogen (secondary N) is 1. The molecule has 1 atom stereocenters. The second kappa shape index (κ2) is 14.8. The summed E-state index contributed by atoms with van der Waals surface area (Å²) in [6.07, 6.45) is 0.235. The molecule has 236 valence electrons. The number of rotatable bonds is 12. The van der Waals surface area contributed by atoms with Gasteiger partial charge in [0.05, 0.1) is 17.7 Å². The number of carbonyl (C=O) groups excluding carboxylic acids is 2. The molecule has 10 heteroatoms. The molecule has 0 aliphatic carbocycles. The van der Waals surface area contributed by atoms with Crippen LogP contribution in [-0.2, 0) is 32.6 Å². The van der Waals surface area contributed by atoms with E-state index in [1.54, 1.807) is 42.5 Å². The van der Waals surface area contributed by atoms with Crippen LogP contribution in [0.5, 0.6) is 5.75 Å². The number of hydrogen-bond acceptors (Lipinski definition) is 5. The predicted molar refractivity (Wildman–Crippen MR) is 180 cm³/mol. The molecule has 0 aliphatic rings. The first-order chi connectivity index (χ1) is 21.4. The van der Waals surface area contributed by atoms with E-state index in [9.17, 15) is 18.0 Å². The predicted octanol–water partition coefficient (Wildman–Crippen LogP) is 6.21. The SMILES string of the molecule is COc1ccc(N(CC(=O)N(Cc2ccc(Br)cc2)[C@@H](Cc2ccccc2)C(=O)NC(C)(C)C)S(=O)(=O)c2ccccc2)cc1. The second-order valence-corrected chi connectivity index (χ2v) is 14.4. The van der Waals surface area contributed by atoms with Crippen molar-refractivity contribution >= 4 is 43.5 Å². The molecule has 0 bridgehead atoms. The number of nitrogens with zero attached hydrogens (tertiary/aromatic N) is 2. The van der Waals surface area contributed by atoms with E-state index in [4.69, 9.17) is 4.74 Å². The van der Waals surface area contributed by atoms with Crippen LogP contribution in [0.1, 0.15) is 31.9 Å². The number of ether oxygens (including phenoxy) is 1. The molecule has 1 N–H and O–H groups in total. The van der Waals surface area contributed by atoms with E-state index in [2.05, 4.69) is 21.2 Å². The highest BCUT2D eigenvalue weighted by Gasteiger charge is 2.35. The standard InChI is InChI=1S/C35H38BrN3O5S/c1-35(2,3)37-34(41)32(23-26-11-7-5-8-12-26)38(24-27-15-17-28(36)18-16-27)33(40)25-39(29-19-21-30(44-4)22-20-29)45(42,43)31-13-9-6-10-14-31/h5-22,32H,23-25H2,1-4H3,(H,37,41)/t32-/m0/s1. The van der Waals surface area contributed by atoms with Crippen LogP contribution in [0, 0.1) is 0 Å². The minimum absolute atomic E-state index is 0.0411. The minimum atomic E-state index is -4.18. The van der Waals surface area contributed by atoms with E-state index in [-0.39, 0.29) is 29.5 Å². The Balaban J connectivity index is 1.81. The Hall–Kier alpha value is -4.15. The van der Waals surface area contributed by atoms with E-state index in [1.807, 2.05) is 75.4 Å². The lowest BCUT2D eigenvalue weighted by Crippen LogP contribution is -2.56. The Labute approximate surface area is 274 Å². The molecule has 4 aromatic carbocycles. The van der Waals surface area contributed by atoms with Crippen LogP contribution in [0.3, 0.4) is 0 Å². The van der Waals surface area contributed by atoms with Gasteiger partial charge in [0.25, 0.3) is 10.0 Å². The lowest BCUT2D eigenvalue weighted by molar-refractivity contribution is -0.140. The Bertz CT molecular complexity index is 1680. The number of anilines is 1. The van der Waals surface area contributed by atoms with Crippen LogP contribution in [-0.4, -0.2) is 50.4 Å². The molecule has 8 nitrogen and oxygen atoms in total. The van der Waals surface area contributed by atoms with Gasteiger partial charge in [-0.1, -0.05) is 76.6 Å². The van der Waals surface area contributed by atoms with Crippen molar-refractivity contribution in [3.05, 3.63) is 125 Å². The van der Waals surface area contributed by atoms with Crippen LogP contribution < -0.4 is 14.4 Å². The molecule has 0 fully saturated rings. The van der Waals surface area contributed by atoms with Crippen molar-refractivity contribution in [3.8, 4) is 5.75 Å². The second-order valence-electron chi connectivity index (χ2n) is 11.6. The summed E-state index contributed by atoms with van der Waals surface area (Å²) in [5.74, 6) is -0.322. The first-order valence-corrected chi connectivity index (χ1v) is 16.7. The maximum Gasteiger partial charge on any atom is 0.264 e. The zero-order valence-electron chi connectivity index (χ0n) is 25.8. The molecule has 0 radical (unpaired) electrons. The molecule has 0 spiro atoms. The summed E-state index contributed by atoms with van der Waals surface area (Å²) in [5, 5.41) is 3.04. The third-order valence-electron chi connectivity index (χ3n) is 7.01. The van der Waals surface area contributed by atoms with Gasteiger partial charge in [0.15, 0.2) is 0 Å². The Morgan fingerprint density at radius 3 is 1.96 bits per heavy atom. The minimum Gasteiger partial charge on any atom is -0.497 e. The highest BCUT2D eigenvalue weighted by molar-refractivity contribution is 9.10. The van der Waals surface area contributed by atoms with Gasteiger partial charge in [-0.3, -0.25) is 13.9 Å². The van der Waals surface area contributed by atoms with Gasteiger partial charge in [-0.25, -0.2) is 8.42 Å². The van der Waals surface area contributed by atoms with E-state index in [0.717, 1.165) is 19.9 Å². The van der Waals surface area contributed by atoms with Crippen molar-refractivity contribution in [1.82, 2.24) is 10.2 Å². The lowest BCUT2D eigenvalue weighted by Gasteiger charge is -2.35. The first kappa shape index (κ1) is 33.7. The van der Waals surface area contributed by atoms with E-state index in [1.165, 1.54) is 24.1 Å². The van der Waals surface area contributed by atoms with E-state index >= 15 is 0 Å². The molecule has 4 aromatic rings. The largest absolute Gasteiger partial charge is 0.497 e. The van der Waals surface area contributed by atoms with Crippen molar-refractivity contribution in [1.29, 1.82) is 0 Å². The summed E-state index contributed by atoms with van der Waals surface area (Å²) < 4.78 is 35.4. The summed E-state index contributed by atoms with van der Waals surface area (Å²) >= 11 is 3.46. The fraction of sp³-hybridized carbons (Fsp3) is 0.257. The zero-order valence-corrected chi connectivity index (χ0v) is 28.2. The van der Waals surface area contributed by atoms with Crippen LogP contribution in [0.2, 0.25) is 0 Å². The first-order valence-electron chi connectivity index (χ1n) is 14.5. The van der Waals surface area contributed by atoms with Gasteiger partial charge in [-0.05, 0) is 80.4 Å². The monoisotopic (exact) mass is 691 g/mol. The molecule has 0 aliphatic heterocycles. The quantitative estimate of drug-likeness (QED) is 0.191. The Morgan fingerprint density at radius 1 is 0.822 bits per heavy atom. The fourth-order valence-electron chi connectivity index (χ4n) is 4.79. The number of sulfonamides is 1. The summed E-state index contributed by atoms with van der Waals surface area (Å²) in [6, 6.07) is 30.4. The Kier molecular flexibility index (Phi) is 11.1. The topological polar surface area (TPSA) is 96.0 Å². The maximum absolute atomic E-state index is 14.5. The van der Waals surface area contributed by atoms with Gasteiger partial charge in [0, 0.05) is 23.0 Å². The van der Waals surface area contributed by atoms with Crippen molar-refractivity contribution in [3.63, 3.8) is 0 Å². The van der Waals surface area contributed by atoms with Gasteiger partial charge in [0.1, 0.15) is 18.3 Å². The number of benzene rings is 4. The number of hydrogen-bond donors (Lipinski definition) is 1. The third kappa shape index (κ3) is 9.18. The summed E-state index contributed by atoms with van der Waals surface area (Å²) in [6.45, 7) is 5.19. The Morgan fingerprint density at radius 2 is 1.40 bits per heavy atom. The summed E-state index contributed by atoms with van der Waals surface area (Å²) in [4.78, 5) is 30.0. The van der Waals surface area contributed by atoms with Crippen LogP contribution >= 0.6 is 15.9 Å². The van der Waals surface area contributed by atoms with Crippen LogP contribution in [0.25, 0.3) is 0 Å². The molecule has 45 heavy (non-hydrogen) atoms. The van der Waals surface area contributed by atoms with Gasteiger partial charge < -0.3 is 15.0 Å². The summed E-state index contributed by atoms with van der Waals surface area (Å²) in [7, 11) is -2.66.